The molecule has 1 aromatic carbocycles. The van der Waals surface area contributed by atoms with Crippen molar-refractivity contribution in [1.82, 2.24) is 9.47 Å². The lowest BCUT2D eigenvalue weighted by molar-refractivity contribution is -0.137. The average Bonchev–Trinajstić information content (AvgIpc) is 2.82. The summed E-state index contributed by atoms with van der Waals surface area (Å²) in [6.07, 6.45) is -0.0542. The van der Waals surface area contributed by atoms with Crippen LogP contribution in [0.4, 0.5) is 0 Å². The van der Waals surface area contributed by atoms with Crippen LogP contribution in [-0.4, -0.2) is 39.0 Å². The number of para-hydroxylation sites is 1. The first-order valence-electron chi connectivity index (χ1n) is 8.10. The molecule has 1 amide bonds. The van der Waals surface area contributed by atoms with E-state index in [1.165, 1.54) is 0 Å². The number of aliphatic carboxylic acids is 1. The fraction of sp³-hybridized carbons (Fsp3) is 0.368. The predicted molar refractivity (Wildman–Crippen MR) is 93.7 cm³/mol. The maximum atomic E-state index is 12.9. The van der Waals surface area contributed by atoms with Crippen molar-refractivity contribution >= 4 is 11.9 Å². The lowest BCUT2D eigenvalue weighted by atomic mass is 10.1. The van der Waals surface area contributed by atoms with Gasteiger partial charge in [0.2, 0.25) is 0 Å². The molecule has 0 aliphatic carbocycles. The summed E-state index contributed by atoms with van der Waals surface area (Å²) >= 11 is 0. The lowest BCUT2D eigenvalue weighted by Gasteiger charge is -2.26. The fourth-order valence-electron chi connectivity index (χ4n) is 2.92. The van der Waals surface area contributed by atoms with Gasteiger partial charge in [0, 0.05) is 29.7 Å². The Bertz CT molecular complexity index is 733. The number of rotatable bonds is 6. The van der Waals surface area contributed by atoms with E-state index in [0.717, 1.165) is 17.1 Å². The van der Waals surface area contributed by atoms with E-state index in [4.69, 9.17) is 5.11 Å². The minimum Gasteiger partial charge on any atom is -0.481 e. The summed E-state index contributed by atoms with van der Waals surface area (Å²) in [6.45, 7) is 7.89. The van der Waals surface area contributed by atoms with E-state index < -0.39 is 5.97 Å². The summed E-state index contributed by atoms with van der Waals surface area (Å²) in [6, 6.07) is 11.7. The number of benzene rings is 1. The van der Waals surface area contributed by atoms with Crippen molar-refractivity contribution in [2.75, 3.05) is 6.54 Å². The number of carboxylic acids is 1. The van der Waals surface area contributed by atoms with Gasteiger partial charge in [0.05, 0.1) is 12.0 Å². The third-order valence-corrected chi connectivity index (χ3v) is 4.13. The Kier molecular flexibility index (Phi) is 5.44. The Morgan fingerprint density at radius 3 is 2.33 bits per heavy atom. The monoisotopic (exact) mass is 328 g/mol. The van der Waals surface area contributed by atoms with Crippen molar-refractivity contribution in [3.63, 3.8) is 0 Å². The summed E-state index contributed by atoms with van der Waals surface area (Å²) in [4.78, 5) is 25.4. The van der Waals surface area contributed by atoms with Crippen LogP contribution in [0.15, 0.2) is 36.4 Å². The summed E-state index contributed by atoms with van der Waals surface area (Å²) in [5, 5.41) is 8.91. The van der Waals surface area contributed by atoms with Crippen molar-refractivity contribution in [3.05, 3.63) is 53.3 Å². The number of carbonyl (C=O) groups is 2. The molecular formula is C19H24N2O3. The van der Waals surface area contributed by atoms with Gasteiger partial charge in [-0.25, -0.2) is 0 Å². The van der Waals surface area contributed by atoms with Crippen LogP contribution in [0.2, 0.25) is 0 Å². The fourth-order valence-corrected chi connectivity index (χ4v) is 2.92. The van der Waals surface area contributed by atoms with Crippen molar-refractivity contribution < 1.29 is 14.7 Å². The molecule has 1 N–H and O–H groups in total. The topological polar surface area (TPSA) is 62.5 Å². The molecule has 0 saturated carbocycles. The molecule has 1 heterocycles. The third kappa shape index (κ3) is 3.67. The molecule has 0 saturated heterocycles. The van der Waals surface area contributed by atoms with Crippen LogP contribution in [0.3, 0.4) is 0 Å². The first-order chi connectivity index (χ1) is 11.3. The van der Waals surface area contributed by atoms with Gasteiger partial charge in [-0.3, -0.25) is 9.59 Å². The molecule has 5 nitrogen and oxygen atoms in total. The van der Waals surface area contributed by atoms with Crippen LogP contribution in [-0.2, 0) is 4.79 Å². The SMILES string of the molecule is Cc1cc(C(=O)N(CCC(=O)O)C(C)C)c(C)n1-c1ccccc1. The van der Waals surface area contributed by atoms with Crippen molar-refractivity contribution in [3.8, 4) is 5.69 Å². The van der Waals surface area contributed by atoms with Crippen LogP contribution in [0.25, 0.3) is 5.69 Å². The maximum absolute atomic E-state index is 12.9. The molecule has 0 atom stereocenters. The van der Waals surface area contributed by atoms with Gasteiger partial charge in [-0.05, 0) is 45.9 Å². The van der Waals surface area contributed by atoms with E-state index in [-0.39, 0.29) is 24.9 Å². The number of amides is 1. The highest BCUT2D eigenvalue weighted by Crippen LogP contribution is 2.22. The van der Waals surface area contributed by atoms with E-state index in [0.29, 0.717) is 5.56 Å². The number of carboxylic acid groups (broad SMARTS) is 1. The van der Waals surface area contributed by atoms with Crippen LogP contribution in [0, 0.1) is 13.8 Å². The predicted octanol–water partition coefficient (Wildman–Crippen LogP) is 3.42. The zero-order valence-electron chi connectivity index (χ0n) is 14.6. The van der Waals surface area contributed by atoms with E-state index >= 15 is 0 Å². The molecule has 0 fully saturated rings. The van der Waals surface area contributed by atoms with Gasteiger partial charge in [-0.1, -0.05) is 18.2 Å². The number of nitrogens with zero attached hydrogens (tertiary/aromatic N) is 2. The second-order valence-electron chi connectivity index (χ2n) is 6.19. The molecule has 0 radical (unpaired) electrons. The van der Waals surface area contributed by atoms with E-state index in [9.17, 15) is 9.59 Å². The zero-order chi connectivity index (χ0) is 17.9. The number of carbonyl (C=O) groups excluding carboxylic acids is 1. The Morgan fingerprint density at radius 1 is 1.17 bits per heavy atom. The van der Waals surface area contributed by atoms with Crippen LogP contribution < -0.4 is 0 Å². The molecular weight excluding hydrogens is 304 g/mol. The molecule has 0 aliphatic heterocycles. The number of aromatic nitrogens is 1. The van der Waals surface area contributed by atoms with Gasteiger partial charge < -0.3 is 14.6 Å². The van der Waals surface area contributed by atoms with Crippen molar-refractivity contribution in [2.24, 2.45) is 0 Å². The van der Waals surface area contributed by atoms with E-state index in [2.05, 4.69) is 0 Å². The van der Waals surface area contributed by atoms with Crippen LogP contribution in [0.1, 0.15) is 42.0 Å². The van der Waals surface area contributed by atoms with Crippen LogP contribution >= 0.6 is 0 Å². The van der Waals surface area contributed by atoms with Gasteiger partial charge in [0.15, 0.2) is 0 Å². The highest BCUT2D eigenvalue weighted by molar-refractivity contribution is 5.96. The molecule has 0 spiro atoms. The minimum atomic E-state index is -0.900. The Morgan fingerprint density at radius 2 is 1.79 bits per heavy atom. The molecule has 128 valence electrons. The molecule has 24 heavy (non-hydrogen) atoms. The standard InChI is InChI=1S/C19H24N2O3/c1-13(2)20(11-10-18(22)23)19(24)17-12-14(3)21(15(17)4)16-8-6-5-7-9-16/h5-9,12-13H,10-11H2,1-4H3,(H,22,23). The molecule has 0 bridgehead atoms. The highest BCUT2D eigenvalue weighted by Gasteiger charge is 2.24. The Balaban J connectivity index is 2.37. The van der Waals surface area contributed by atoms with Crippen molar-refractivity contribution in [2.45, 2.75) is 40.2 Å². The molecule has 0 aliphatic rings. The number of hydrogen-bond donors (Lipinski definition) is 1. The molecule has 1 aromatic heterocycles. The number of hydrogen-bond acceptors (Lipinski definition) is 2. The first kappa shape index (κ1) is 17.8. The van der Waals surface area contributed by atoms with Gasteiger partial charge in [0.25, 0.3) is 5.91 Å². The smallest absolute Gasteiger partial charge is 0.305 e. The molecule has 0 unspecified atom stereocenters. The second kappa shape index (κ2) is 7.34. The lowest BCUT2D eigenvalue weighted by Crippen LogP contribution is -2.38. The molecule has 2 aromatic rings. The average molecular weight is 328 g/mol. The largest absolute Gasteiger partial charge is 0.481 e. The van der Waals surface area contributed by atoms with E-state index in [1.54, 1.807) is 4.90 Å². The molecule has 2 rings (SSSR count). The summed E-state index contributed by atoms with van der Waals surface area (Å²) in [5.41, 5.74) is 3.47. The normalized spacial score (nSPS) is 10.9. The Hall–Kier alpha value is -2.56. The van der Waals surface area contributed by atoms with Crippen LogP contribution in [0.5, 0.6) is 0 Å². The van der Waals surface area contributed by atoms with Gasteiger partial charge in [-0.15, -0.1) is 0 Å². The summed E-state index contributed by atoms with van der Waals surface area (Å²) in [5.74, 6) is -1.02. The maximum Gasteiger partial charge on any atom is 0.305 e. The Labute approximate surface area is 142 Å². The van der Waals surface area contributed by atoms with E-state index in [1.807, 2.05) is 68.7 Å². The quantitative estimate of drug-likeness (QED) is 0.884. The van der Waals surface area contributed by atoms with Gasteiger partial charge >= 0.3 is 5.97 Å². The molecule has 5 heteroatoms. The van der Waals surface area contributed by atoms with Gasteiger partial charge in [-0.2, -0.15) is 0 Å². The highest BCUT2D eigenvalue weighted by atomic mass is 16.4. The second-order valence-corrected chi connectivity index (χ2v) is 6.19. The summed E-state index contributed by atoms with van der Waals surface area (Å²) < 4.78 is 2.04. The van der Waals surface area contributed by atoms with Gasteiger partial charge in [0.1, 0.15) is 0 Å². The number of aryl methyl sites for hydroxylation is 1. The first-order valence-corrected chi connectivity index (χ1v) is 8.10. The summed E-state index contributed by atoms with van der Waals surface area (Å²) in [7, 11) is 0. The van der Waals surface area contributed by atoms with Crippen molar-refractivity contribution in [1.29, 1.82) is 0 Å². The minimum absolute atomic E-state index is 0.0542. The third-order valence-electron chi connectivity index (χ3n) is 4.13. The zero-order valence-corrected chi connectivity index (χ0v) is 14.6.